The Kier molecular flexibility index (Phi) is 7.68. The van der Waals surface area contributed by atoms with Crippen LogP contribution in [0.4, 0.5) is 4.79 Å². The lowest BCUT2D eigenvalue weighted by atomic mass is 9.87. The molecule has 35 heavy (non-hydrogen) atoms. The van der Waals surface area contributed by atoms with Gasteiger partial charge < -0.3 is 29.7 Å². The van der Waals surface area contributed by atoms with Gasteiger partial charge in [-0.25, -0.2) is 4.79 Å². The number of fused-ring (bicyclic) bond motifs is 1. The largest absolute Gasteiger partial charge is 0.497 e. The molecule has 0 radical (unpaired) electrons. The number of nitrogens with one attached hydrogen (secondary N) is 2. The van der Waals surface area contributed by atoms with E-state index in [1.807, 2.05) is 36.4 Å². The summed E-state index contributed by atoms with van der Waals surface area (Å²) < 4.78 is 16.4. The van der Waals surface area contributed by atoms with Crippen molar-refractivity contribution in [3.8, 4) is 17.2 Å². The van der Waals surface area contributed by atoms with Gasteiger partial charge >= 0.3 is 6.03 Å². The standard InChI is InChI=1S/C27H35N3O5/c1-17(26(31)29-20-7-5-6-8-20)28-27(32)30-14-13-19-15-23(34-3)24(35-4)16-22(19)25(30)18-9-11-21(33-2)12-10-18/h9-12,15-17,20,25H,5-8,13-14H2,1-4H3,(H,28,32)(H,29,31)/t17-,25-/m1/s1. The van der Waals surface area contributed by atoms with Gasteiger partial charge in [-0.05, 0) is 67.1 Å². The Morgan fingerprint density at radius 3 is 2.26 bits per heavy atom. The number of methoxy groups -OCH3 is 3. The molecule has 0 unspecified atom stereocenters. The van der Waals surface area contributed by atoms with E-state index in [2.05, 4.69) is 10.6 Å². The Hall–Kier alpha value is -3.42. The van der Waals surface area contributed by atoms with Gasteiger partial charge in [0, 0.05) is 12.6 Å². The van der Waals surface area contributed by atoms with Gasteiger partial charge in [-0.2, -0.15) is 0 Å². The Labute approximate surface area is 206 Å². The van der Waals surface area contributed by atoms with Crippen molar-refractivity contribution in [1.29, 1.82) is 0 Å². The zero-order chi connectivity index (χ0) is 24.9. The van der Waals surface area contributed by atoms with Gasteiger partial charge in [0.15, 0.2) is 11.5 Å². The molecule has 1 aliphatic heterocycles. The number of hydrogen-bond donors (Lipinski definition) is 2. The van der Waals surface area contributed by atoms with Crippen molar-refractivity contribution in [2.75, 3.05) is 27.9 Å². The summed E-state index contributed by atoms with van der Waals surface area (Å²) in [5, 5.41) is 5.99. The highest BCUT2D eigenvalue weighted by atomic mass is 16.5. The number of amides is 3. The fourth-order valence-electron chi connectivity index (χ4n) is 5.04. The van der Waals surface area contributed by atoms with E-state index in [9.17, 15) is 9.59 Å². The first-order valence-electron chi connectivity index (χ1n) is 12.2. The molecule has 188 valence electrons. The molecule has 2 N–H and O–H groups in total. The first-order valence-corrected chi connectivity index (χ1v) is 12.2. The molecule has 1 heterocycles. The highest BCUT2D eigenvalue weighted by molar-refractivity contribution is 5.87. The van der Waals surface area contributed by atoms with Crippen LogP contribution in [0.15, 0.2) is 36.4 Å². The van der Waals surface area contributed by atoms with Crippen LogP contribution in [0.1, 0.15) is 55.3 Å². The molecule has 2 aromatic rings. The van der Waals surface area contributed by atoms with E-state index in [0.717, 1.165) is 48.1 Å². The minimum absolute atomic E-state index is 0.143. The van der Waals surface area contributed by atoms with Gasteiger partial charge in [-0.1, -0.05) is 25.0 Å². The summed E-state index contributed by atoms with van der Waals surface area (Å²) in [5.74, 6) is 1.87. The predicted octanol–water partition coefficient (Wildman–Crippen LogP) is 3.82. The van der Waals surface area contributed by atoms with Crippen LogP contribution in [0.3, 0.4) is 0 Å². The van der Waals surface area contributed by atoms with Crippen molar-refractivity contribution in [3.63, 3.8) is 0 Å². The Bertz CT molecular complexity index is 1050. The molecule has 4 rings (SSSR count). The minimum atomic E-state index is -0.633. The zero-order valence-corrected chi connectivity index (χ0v) is 20.9. The molecule has 1 fully saturated rings. The normalized spacial score (nSPS) is 18.4. The molecule has 0 saturated heterocycles. The van der Waals surface area contributed by atoms with E-state index < -0.39 is 6.04 Å². The fourth-order valence-corrected chi connectivity index (χ4v) is 5.04. The molecule has 2 atom stereocenters. The van der Waals surface area contributed by atoms with Crippen molar-refractivity contribution >= 4 is 11.9 Å². The number of carbonyl (C=O) groups is 2. The topological polar surface area (TPSA) is 89.1 Å². The number of ether oxygens (including phenoxy) is 3. The lowest BCUT2D eigenvalue weighted by Gasteiger charge is -2.38. The van der Waals surface area contributed by atoms with Crippen LogP contribution in [0, 0.1) is 0 Å². The average Bonchev–Trinajstić information content (AvgIpc) is 3.40. The summed E-state index contributed by atoms with van der Waals surface area (Å²) in [6.45, 7) is 2.23. The summed E-state index contributed by atoms with van der Waals surface area (Å²) in [6, 6.07) is 10.6. The summed E-state index contributed by atoms with van der Waals surface area (Å²) in [6.07, 6.45) is 4.94. The van der Waals surface area contributed by atoms with Crippen molar-refractivity contribution in [2.24, 2.45) is 0 Å². The fraction of sp³-hybridized carbons (Fsp3) is 0.481. The predicted molar refractivity (Wildman–Crippen MR) is 133 cm³/mol. The second-order valence-corrected chi connectivity index (χ2v) is 9.19. The number of hydrogen-bond acceptors (Lipinski definition) is 5. The van der Waals surface area contributed by atoms with Crippen molar-refractivity contribution in [3.05, 3.63) is 53.1 Å². The van der Waals surface area contributed by atoms with Gasteiger partial charge in [0.05, 0.1) is 27.4 Å². The molecular formula is C27H35N3O5. The van der Waals surface area contributed by atoms with Crippen molar-refractivity contribution in [1.82, 2.24) is 15.5 Å². The van der Waals surface area contributed by atoms with E-state index in [1.54, 1.807) is 33.2 Å². The first kappa shape index (κ1) is 24.7. The summed E-state index contributed by atoms with van der Waals surface area (Å²) in [4.78, 5) is 28.0. The summed E-state index contributed by atoms with van der Waals surface area (Å²) in [7, 11) is 4.84. The Morgan fingerprint density at radius 2 is 1.63 bits per heavy atom. The highest BCUT2D eigenvalue weighted by Crippen LogP contribution is 2.41. The number of carbonyl (C=O) groups excluding carboxylic acids is 2. The van der Waals surface area contributed by atoms with E-state index >= 15 is 0 Å². The minimum Gasteiger partial charge on any atom is -0.497 e. The molecule has 2 aromatic carbocycles. The van der Waals surface area contributed by atoms with Gasteiger partial charge in [-0.3, -0.25) is 4.79 Å². The van der Waals surface area contributed by atoms with Crippen LogP contribution in [-0.4, -0.2) is 56.8 Å². The lowest BCUT2D eigenvalue weighted by molar-refractivity contribution is -0.123. The lowest BCUT2D eigenvalue weighted by Crippen LogP contribution is -2.53. The molecule has 8 heteroatoms. The third kappa shape index (κ3) is 5.31. The molecule has 2 aliphatic rings. The SMILES string of the molecule is COc1ccc([C@@H]2c3cc(OC)c(OC)cc3CCN2C(=O)N[C@H](C)C(=O)NC2CCCC2)cc1. The van der Waals surface area contributed by atoms with Crippen LogP contribution in [0.5, 0.6) is 17.2 Å². The van der Waals surface area contributed by atoms with Crippen LogP contribution in [0.2, 0.25) is 0 Å². The molecule has 0 spiro atoms. The first-order chi connectivity index (χ1) is 16.9. The summed E-state index contributed by atoms with van der Waals surface area (Å²) in [5.41, 5.74) is 3.01. The molecular weight excluding hydrogens is 446 g/mol. The number of nitrogens with zero attached hydrogens (tertiary/aromatic N) is 1. The smallest absolute Gasteiger partial charge is 0.318 e. The molecule has 8 nitrogen and oxygen atoms in total. The van der Waals surface area contributed by atoms with E-state index in [0.29, 0.717) is 24.5 Å². The van der Waals surface area contributed by atoms with Crippen LogP contribution >= 0.6 is 0 Å². The van der Waals surface area contributed by atoms with Crippen molar-refractivity contribution in [2.45, 2.75) is 57.2 Å². The number of rotatable bonds is 7. The van der Waals surface area contributed by atoms with Crippen LogP contribution < -0.4 is 24.8 Å². The maximum absolute atomic E-state index is 13.5. The monoisotopic (exact) mass is 481 g/mol. The Balaban J connectivity index is 1.62. The maximum atomic E-state index is 13.5. The quantitative estimate of drug-likeness (QED) is 0.628. The van der Waals surface area contributed by atoms with Gasteiger partial charge in [0.2, 0.25) is 5.91 Å². The maximum Gasteiger partial charge on any atom is 0.318 e. The van der Waals surface area contributed by atoms with Gasteiger partial charge in [-0.15, -0.1) is 0 Å². The number of benzene rings is 2. The molecule has 1 aliphatic carbocycles. The number of urea groups is 1. The Morgan fingerprint density at radius 1 is 0.971 bits per heavy atom. The molecule has 0 aromatic heterocycles. The average molecular weight is 482 g/mol. The van der Waals surface area contributed by atoms with E-state index in [-0.39, 0.29) is 24.0 Å². The second kappa shape index (κ2) is 10.9. The van der Waals surface area contributed by atoms with Gasteiger partial charge in [0.1, 0.15) is 11.8 Å². The summed E-state index contributed by atoms with van der Waals surface area (Å²) >= 11 is 0. The molecule has 1 saturated carbocycles. The van der Waals surface area contributed by atoms with Gasteiger partial charge in [0.25, 0.3) is 0 Å². The third-order valence-electron chi connectivity index (χ3n) is 7.00. The van der Waals surface area contributed by atoms with E-state index in [1.165, 1.54) is 0 Å². The van der Waals surface area contributed by atoms with Crippen molar-refractivity contribution < 1.29 is 23.8 Å². The van der Waals surface area contributed by atoms with Crippen LogP contribution in [-0.2, 0) is 11.2 Å². The zero-order valence-electron chi connectivity index (χ0n) is 20.9. The van der Waals surface area contributed by atoms with E-state index in [4.69, 9.17) is 14.2 Å². The second-order valence-electron chi connectivity index (χ2n) is 9.19. The third-order valence-corrected chi connectivity index (χ3v) is 7.00. The van der Waals surface area contributed by atoms with Crippen LogP contribution in [0.25, 0.3) is 0 Å². The highest BCUT2D eigenvalue weighted by Gasteiger charge is 2.34. The molecule has 3 amide bonds. The molecule has 0 bridgehead atoms.